The van der Waals surface area contributed by atoms with E-state index in [9.17, 15) is 23.7 Å². The van der Waals surface area contributed by atoms with Gasteiger partial charge in [0.1, 0.15) is 22.5 Å². The summed E-state index contributed by atoms with van der Waals surface area (Å²) >= 11 is 8.88. The van der Waals surface area contributed by atoms with Crippen molar-refractivity contribution in [3.63, 3.8) is 0 Å². The van der Waals surface area contributed by atoms with Crippen LogP contribution in [0.4, 0.5) is 20.3 Å². The predicted octanol–water partition coefficient (Wildman–Crippen LogP) is 4.70. The molecule has 3 aromatic rings. The van der Waals surface area contributed by atoms with Crippen molar-refractivity contribution in [2.24, 2.45) is 0 Å². The Morgan fingerprint density at radius 3 is 2.79 bits per heavy atom. The van der Waals surface area contributed by atoms with Gasteiger partial charge in [-0.3, -0.25) is 4.79 Å². The largest absolute Gasteiger partial charge is 0.454 e. The maximum Gasteiger partial charge on any atom is 0.404 e. The van der Waals surface area contributed by atoms with E-state index < -0.39 is 17.4 Å². The topological polar surface area (TPSA) is 112 Å². The lowest BCUT2D eigenvalue weighted by molar-refractivity contribution is -0.390. The standard InChI is InChI=1S/C16H10BrClF2N4O5/c17-10-7-23(22-14(10)24(26)27)6-9-2-4-13(28-9)15(25)21-8-1-3-12(11(18)5-8)29-16(19)20/h1-5,7,16H,6H2,(H,21,25). The number of carbonyl (C=O) groups excluding carboxylic acids is 1. The number of hydrogen-bond donors (Lipinski definition) is 1. The quantitative estimate of drug-likeness (QED) is 0.379. The minimum atomic E-state index is -3.02. The first-order valence-electron chi connectivity index (χ1n) is 7.74. The van der Waals surface area contributed by atoms with Crippen molar-refractivity contribution in [3.8, 4) is 5.75 Å². The van der Waals surface area contributed by atoms with Crippen LogP contribution in [0.5, 0.6) is 5.75 Å². The molecular weight excluding hydrogens is 482 g/mol. The van der Waals surface area contributed by atoms with Crippen LogP contribution >= 0.6 is 27.5 Å². The molecular formula is C16H10BrClF2N4O5. The lowest BCUT2D eigenvalue weighted by Crippen LogP contribution is -2.11. The van der Waals surface area contributed by atoms with Crippen LogP contribution in [0.25, 0.3) is 0 Å². The van der Waals surface area contributed by atoms with Crippen LogP contribution in [0.1, 0.15) is 16.3 Å². The summed E-state index contributed by atoms with van der Waals surface area (Å²) in [6.45, 7) is -2.96. The van der Waals surface area contributed by atoms with Gasteiger partial charge in [0.15, 0.2) is 5.76 Å². The molecule has 0 fully saturated rings. The van der Waals surface area contributed by atoms with E-state index in [1.54, 1.807) is 0 Å². The third-order valence-corrected chi connectivity index (χ3v) is 4.34. The van der Waals surface area contributed by atoms with Crippen LogP contribution in [0, 0.1) is 10.1 Å². The van der Waals surface area contributed by atoms with Crippen molar-refractivity contribution >= 4 is 44.9 Å². The minimum Gasteiger partial charge on any atom is -0.454 e. The maximum atomic E-state index is 12.3. The van der Waals surface area contributed by atoms with Gasteiger partial charge in [0.05, 0.1) is 16.3 Å². The van der Waals surface area contributed by atoms with Gasteiger partial charge in [-0.2, -0.15) is 13.5 Å². The molecule has 2 aromatic heterocycles. The highest BCUT2D eigenvalue weighted by Crippen LogP contribution is 2.29. The first-order chi connectivity index (χ1) is 13.7. The zero-order valence-corrected chi connectivity index (χ0v) is 16.5. The number of hydrogen-bond acceptors (Lipinski definition) is 6. The zero-order valence-electron chi connectivity index (χ0n) is 14.1. The van der Waals surface area contributed by atoms with Crippen molar-refractivity contribution in [1.82, 2.24) is 9.78 Å². The first kappa shape index (κ1) is 20.7. The van der Waals surface area contributed by atoms with Gasteiger partial charge < -0.3 is 24.6 Å². The molecule has 1 N–H and O–H groups in total. The normalized spacial score (nSPS) is 10.9. The highest BCUT2D eigenvalue weighted by molar-refractivity contribution is 9.10. The predicted molar refractivity (Wildman–Crippen MR) is 100 cm³/mol. The number of alkyl halides is 2. The molecule has 1 aromatic carbocycles. The maximum absolute atomic E-state index is 12.3. The first-order valence-corrected chi connectivity index (χ1v) is 8.92. The molecule has 0 spiro atoms. The molecule has 1 amide bonds. The Labute approximate surface area is 174 Å². The number of aromatic nitrogens is 2. The van der Waals surface area contributed by atoms with Crippen LogP contribution < -0.4 is 10.1 Å². The van der Waals surface area contributed by atoms with E-state index in [1.165, 1.54) is 41.2 Å². The molecule has 0 aliphatic carbocycles. The highest BCUT2D eigenvalue weighted by Gasteiger charge is 2.20. The van der Waals surface area contributed by atoms with Crippen LogP contribution in [-0.4, -0.2) is 27.2 Å². The summed E-state index contributed by atoms with van der Waals surface area (Å²) in [6, 6.07) is 6.71. The summed E-state index contributed by atoms with van der Waals surface area (Å²) < 4.78 is 35.6. The van der Waals surface area contributed by atoms with Crippen molar-refractivity contribution in [2.75, 3.05) is 5.32 Å². The molecule has 0 saturated carbocycles. The van der Waals surface area contributed by atoms with E-state index in [4.69, 9.17) is 16.0 Å². The fourth-order valence-electron chi connectivity index (χ4n) is 2.30. The Morgan fingerprint density at radius 2 is 2.17 bits per heavy atom. The Balaban J connectivity index is 1.67. The number of nitrogens with zero attached hydrogens (tertiary/aromatic N) is 3. The number of halogens is 4. The molecule has 0 aliphatic heterocycles. The number of benzene rings is 1. The third kappa shape index (κ3) is 5.09. The lowest BCUT2D eigenvalue weighted by Gasteiger charge is -2.09. The van der Waals surface area contributed by atoms with Crippen molar-refractivity contribution < 1.29 is 27.7 Å². The monoisotopic (exact) mass is 490 g/mol. The van der Waals surface area contributed by atoms with E-state index in [0.29, 0.717) is 5.76 Å². The summed E-state index contributed by atoms with van der Waals surface area (Å²) in [5.41, 5.74) is 0.242. The Kier molecular flexibility index (Phi) is 6.13. The van der Waals surface area contributed by atoms with Gasteiger partial charge >= 0.3 is 12.4 Å². The number of nitrogens with one attached hydrogen (secondary N) is 1. The molecule has 3 rings (SSSR count). The molecule has 0 atom stereocenters. The highest BCUT2D eigenvalue weighted by atomic mass is 79.9. The summed E-state index contributed by atoms with van der Waals surface area (Å²) in [7, 11) is 0. The second-order valence-electron chi connectivity index (χ2n) is 5.50. The second kappa shape index (κ2) is 8.57. The van der Waals surface area contributed by atoms with E-state index in [1.807, 2.05) is 0 Å². The fraction of sp³-hybridized carbons (Fsp3) is 0.125. The van der Waals surface area contributed by atoms with Gasteiger partial charge in [0, 0.05) is 5.69 Å². The van der Waals surface area contributed by atoms with E-state index in [2.05, 4.69) is 31.1 Å². The van der Waals surface area contributed by atoms with Crippen LogP contribution in [0.15, 0.2) is 45.4 Å². The minimum absolute atomic E-state index is 0.0373. The molecule has 29 heavy (non-hydrogen) atoms. The molecule has 2 heterocycles. The summed E-state index contributed by atoms with van der Waals surface area (Å²) in [5, 5.41) is 17.0. The average Bonchev–Trinajstić information content (AvgIpc) is 3.24. The Morgan fingerprint density at radius 1 is 1.41 bits per heavy atom. The number of nitro groups is 1. The molecule has 13 heteroatoms. The number of furan rings is 1. The summed E-state index contributed by atoms with van der Waals surface area (Å²) in [4.78, 5) is 22.5. The van der Waals surface area contributed by atoms with E-state index >= 15 is 0 Å². The molecule has 0 unspecified atom stereocenters. The number of rotatable bonds is 7. The van der Waals surface area contributed by atoms with Crippen LogP contribution in [0.3, 0.4) is 0 Å². The van der Waals surface area contributed by atoms with Gasteiger partial charge in [-0.15, -0.1) is 0 Å². The fourth-order valence-corrected chi connectivity index (χ4v) is 2.98. The smallest absolute Gasteiger partial charge is 0.404 e. The van der Waals surface area contributed by atoms with Gasteiger partial charge in [0.25, 0.3) is 5.91 Å². The van der Waals surface area contributed by atoms with Crippen LogP contribution in [-0.2, 0) is 6.54 Å². The average molecular weight is 492 g/mol. The molecule has 9 nitrogen and oxygen atoms in total. The lowest BCUT2D eigenvalue weighted by atomic mass is 10.3. The number of amides is 1. The molecule has 0 bridgehead atoms. The number of ether oxygens (including phenoxy) is 1. The Bertz CT molecular complexity index is 1070. The van der Waals surface area contributed by atoms with E-state index in [0.717, 1.165) is 0 Å². The van der Waals surface area contributed by atoms with Gasteiger partial charge in [-0.1, -0.05) is 11.6 Å². The van der Waals surface area contributed by atoms with Crippen molar-refractivity contribution in [3.05, 3.63) is 67.7 Å². The number of anilines is 1. The van der Waals surface area contributed by atoms with Gasteiger partial charge in [-0.25, -0.2) is 0 Å². The van der Waals surface area contributed by atoms with Gasteiger partial charge in [-0.05, 0) is 51.2 Å². The van der Waals surface area contributed by atoms with Crippen molar-refractivity contribution in [2.45, 2.75) is 13.2 Å². The summed E-state index contributed by atoms with van der Waals surface area (Å²) in [6.07, 6.45) is 1.41. The van der Waals surface area contributed by atoms with Crippen LogP contribution in [0.2, 0.25) is 5.02 Å². The SMILES string of the molecule is O=C(Nc1ccc(OC(F)F)c(Cl)c1)c1ccc(Cn2cc(Br)c([N+](=O)[O-])n2)o1. The molecule has 0 radical (unpaired) electrons. The molecule has 0 aliphatic rings. The number of carbonyl (C=O) groups is 1. The molecule has 152 valence electrons. The van der Waals surface area contributed by atoms with Crippen molar-refractivity contribution in [1.29, 1.82) is 0 Å². The zero-order chi connectivity index (χ0) is 21.1. The third-order valence-electron chi connectivity index (χ3n) is 3.48. The van der Waals surface area contributed by atoms with Gasteiger partial charge in [0.2, 0.25) is 0 Å². The Hall–Kier alpha value is -2.99. The summed E-state index contributed by atoms with van der Waals surface area (Å²) in [5.74, 6) is -0.879. The van der Waals surface area contributed by atoms with E-state index in [-0.39, 0.29) is 39.1 Å². The second-order valence-corrected chi connectivity index (χ2v) is 6.76. The molecule has 0 saturated heterocycles.